The first-order valence-electron chi connectivity index (χ1n) is 7.92. The Bertz CT molecular complexity index is 683. The van der Waals surface area contributed by atoms with Crippen LogP contribution in [0.3, 0.4) is 0 Å². The molecule has 3 N–H and O–H groups in total. The minimum absolute atomic E-state index is 0.0697. The van der Waals surface area contributed by atoms with Crippen molar-refractivity contribution in [2.45, 2.75) is 0 Å². The van der Waals surface area contributed by atoms with Gasteiger partial charge in [-0.15, -0.1) is 0 Å². The summed E-state index contributed by atoms with van der Waals surface area (Å²) in [5, 5.41) is 3.73. The lowest BCUT2D eigenvalue weighted by Crippen LogP contribution is -3.15. The van der Waals surface area contributed by atoms with Crippen molar-refractivity contribution in [1.29, 1.82) is 0 Å². The van der Waals surface area contributed by atoms with E-state index >= 15 is 0 Å². The third-order valence-electron chi connectivity index (χ3n) is 4.14. The number of aromatic amines is 1. The number of hydrogen-bond donors (Lipinski definition) is 2. The zero-order valence-corrected chi connectivity index (χ0v) is 14.7. The van der Waals surface area contributed by atoms with Crippen LogP contribution < -0.4 is 20.1 Å². The van der Waals surface area contributed by atoms with Gasteiger partial charge >= 0.3 is 0 Å². The molecule has 1 amide bonds. The number of H-pyrrole nitrogens is 1. The second-order valence-electron chi connectivity index (χ2n) is 5.81. The van der Waals surface area contributed by atoms with Crippen molar-refractivity contribution in [2.24, 2.45) is 0 Å². The molecule has 0 saturated carbocycles. The summed E-state index contributed by atoms with van der Waals surface area (Å²) < 4.78 is 0. The molecule has 0 radical (unpaired) electrons. The Kier molecular flexibility index (Phi) is 5.56. The maximum atomic E-state index is 12.3. The van der Waals surface area contributed by atoms with Gasteiger partial charge in [0.1, 0.15) is 26.2 Å². The van der Waals surface area contributed by atoms with Crippen molar-refractivity contribution in [3.8, 4) is 0 Å². The van der Waals surface area contributed by atoms with Gasteiger partial charge in [-0.2, -0.15) is 0 Å². The van der Waals surface area contributed by atoms with E-state index in [4.69, 9.17) is 23.2 Å². The van der Waals surface area contributed by atoms with Crippen LogP contribution >= 0.6 is 23.2 Å². The number of halogens is 2. The van der Waals surface area contributed by atoms with Crippen LogP contribution in [0.2, 0.25) is 10.0 Å². The first kappa shape index (κ1) is 17.0. The van der Waals surface area contributed by atoms with Crippen molar-refractivity contribution >= 4 is 40.6 Å². The highest BCUT2D eigenvalue weighted by Crippen LogP contribution is 2.29. The van der Waals surface area contributed by atoms with Crippen molar-refractivity contribution in [2.75, 3.05) is 42.9 Å². The van der Waals surface area contributed by atoms with E-state index < -0.39 is 0 Å². The highest BCUT2D eigenvalue weighted by atomic mass is 35.5. The Morgan fingerprint density at radius 1 is 1.12 bits per heavy atom. The topological polar surface area (TPSA) is 50.9 Å². The quantitative estimate of drug-likeness (QED) is 0.852. The molecule has 1 saturated heterocycles. The molecule has 1 aliphatic heterocycles. The molecule has 0 atom stereocenters. The maximum absolute atomic E-state index is 12.3. The largest absolute Gasteiger partial charge is 0.321 e. The number of piperazine rings is 1. The molecule has 0 aliphatic carbocycles. The summed E-state index contributed by atoms with van der Waals surface area (Å²) in [4.78, 5) is 19.1. The van der Waals surface area contributed by atoms with Gasteiger partial charge in [-0.05, 0) is 18.2 Å². The predicted molar refractivity (Wildman–Crippen MR) is 95.9 cm³/mol. The Hall–Kier alpha value is -1.82. The predicted octanol–water partition coefficient (Wildman–Crippen LogP) is 1.15. The number of para-hydroxylation sites is 1. The number of rotatable bonds is 4. The number of carbonyl (C=O) groups excluding carboxylic acids is 1. The van der Waals surface area contributed by atoms with Crippen LogP contribution in [-0.4, -0.2) is 38.6 Å². The van der Waals surface area contributed by atoms with Crippen LogP contribution in [0.4, 0.5) is 11.5 Å². The average molecular weight is 367 g/mol. The Morgan fingerprint density at radius 2 is 1.83 bits per heavy atom. The van der Waals surface area contributed by atoms with E-state index in [1.54, 1.807) is 18.2 Å². The summed E-state index contributed by atoms with van der Waals surface area (Å²) in [7, 11) is 0. The third-order valence-corrected chi connectivity index (χ3v) is 4.77. The lowest BCUT2D eigenvalue weighted by molar-refractivity contribution is -0.892. The van der Waals surface area contributed by atoms with Gasteiger partial charge < -0.3 is 10.2 Å². The van der Waals surface area contributed by atoms with Gasteiger partial charge in [0, 0.05) is 6.07 Å². The number of carbonyl (C=O) groups is 1. The molecule has 2 heterocycles. The molecule has 5 nitrogen and oxygen atoms in total. The van der Waals surface area contributed by atoms with Crippen LogP contribution in [0.1, 0.15) is 0 Å². The molecule has 3 rings (SSSR count). The minimum Gasteiger partial charge on any atom is -0.321 e. The van der Waals surface area contributed by atoms with Gasteiger partial charge in [0.15, 0.2) is 6.54 Å². The molecule has 7 heteroatoms. The number of hydrogen-bond acceptors (Lipinski definition) is 2. The molecule has 1 fully saturated rings. The summed E-state index contributed by atoms with van der Waals surface area (Å²) >= 11 is 12.2. The Morgan fingerprint density at radius 3 is 2.46 bits per heavy atom. The van der Waals surface area contributed by atoms with Crippen LogP contribution in [0.5, 0.6) is 0 Å². The number of amides is 1. The standard InChI is InChI=1S/C17H18Cl2N4O/c18-13-4-3-5-14(19)17(13)21-16(24)12-22-8-10-23(11-9-22)15-6-1-2-7-20-15/h1-7H,8-12H2,(H,21,24)/p+2. The van der Waals surface area contributed by atoms with E-state index in [9.17, 15) is 4.79 Å². The molecule has 1 aromatic heterocycles. The van der Waals surface area contributed by atoms with Crippen LogP contribution in [0, 0.1) is 0 Å². The summed E-state index contributed by atoms with van der Waals surface area (Å²) in [5.74, 6) is 1.04. The number of nitrogens with zero attached hydrogens (tertiary/aromatic N) is 1. The molecule has 1 aromatic carbocycles. The lowest BCUT2D eigenvalue weighted by Gasteiger charge is -2.27. The summed E-state index contributed by atoms with van der Waals surface area (Å²) in [6, 6.07) is 11.2. The van der Waals surface area contributed by atoms with Crippen molar-refractivity contribution in [3.63, 3.8) is 0 Å². The van der Waals surface area contributed by atoms with Crippen molar-refractivity contribution < 1.29 is 14.7 Å². The molecule has 24 heavy (non-hydrogen) atoms. The SMILES string of the molecule is O=C(C[NH+]1CCN(c2cccc[nH+]2)CC1)Nc1c(Cl)cccc1Cl. The second-order valence-corrected chi connectivity index (χ2v) is 6.62. The first-order chi connectivity index (χ1) is 11.6. The van der Waals surface area contributed by atoms with Crippen LogP contribution in [0.25, 0.3) is 0 Å². The molecular weight excluding hydrogens is 347 g/mol. The Balaban J connectivity index is 1.52. The van der Waals surface area contributed by atoms with Gasteiger partial charge in [-0.1, -0.05) is 35.3 Å². The number of anilines is 2. The summed E-state index contributed by atoms with van der Waals surface area (Å²) in [6.07, 6.45) is 1.93. The molecule has 0 unspecified atom stereocenters. The van der Waals surface area contributed by atoms with E-state index in [2.05, 4.69) is 21.3 Å². The molecule has 126 valence electrons. The van der Waals surface area contributed by atoms with Gasteiger partial charge in [-0.25, -0.2) is 4.98 Å². The van der Waals surface area contributed by atoms with Gasteiger partial charge in [0.2, 0.25) is 0 Å². The van der Waals surface area contributed by atoms with Gasteiger partial charge in [0.05, 0.1) is 21.9 Å². The number of aromatic nitrogens is 1. The fraction of sp³-hybridized carbons (Fsp3) is 0.294. The highest BCUT2D eigenvalue weighted by molar-refractivity contribution is 6.39. The first-order valence-corrected chi connectivity index (χ1v) is 8.68. The maximum Gasteiger partial charge on any atom is 0.279 e. The summed E-state index contributed by atoms with van der Waals surface area (Å²) in [5.41, 5.74) is 0.489. The zero-order chi connectivity index (χ0) is 16.9. The van der Waals surface area contributed by atoms with Gasteiger partial charge in [-0.3, -0.25) is 9.69 Å². The third kappa shape index (κ3) is 4.17. The van der Waals surface area contributed by atoms with Crippen LogP contribution in [-0.2, 0) is 4.79 Å². The van der Waals surface area contributed by atoms with E-state index in [-0.39, 0.29) is 5.91 Å². The summed E-state index contributed by atoms with van der Waals surface area (Å²) in [6.45, 7) is 4.05. The normalized spacial score (nSPS) is 15.3. The van der Waals surface area contributed by atoms with E-state index in [0.29, 0.717) is 22.3 Å². The minimum atomic E-state index is -0.0697. The number of quaternary nitrogens is 1. The van der Waals surface area contributed by atoms with Crippen molar-refractivity contribution in [1.82, 2.24) is 0 Å². The van der Waals surface area contributed by atoms with Gasteiger partial charge in [0.25, 0.3) is 11.7 Å². The monoisotopic (exact) mass is 366 g/mol. The van der Waals surface area contributed by atoms with Crippen LogP contribution in [0.15, 0.2) is 42.6 Å². The van der Waals surface area contributed by atoms with Crippen molar-refractivity contribution in [3.05, 3.63) is 52.6 Å². The number of benzene rings is 1. The highest BCUT2D eigenvalue weighted by Gasteiger charge is 2.27. The smallest absolute Gasteiger partial charge is 0.279 e. The fourth-order valence-corrected chi connectivity index (χ4v) is 3.34. The molecule has 0 spiro atoms. The van der Waals surface area contributed by atoms with E-state index in [1.807, 2.05) is 18.3 Å². The average Bonchev–Trinajstić information content (AvgIpc) is 2.60. The molecule has 1 aliphatic rings. The van der Waals surface area contributed by atoms with E-state index in [1.165, 1.54) is 4.90 Å². The molecule has 2 aromatic rings. The second kappa shape index (κ2) is 7.83. The molecule has 0 bridgehead atoms. The number of pyridine rings is 1. The Labute approximate surface area is 151 Å². The fourth-order valence-electron chi connectivity index (χ4n) is 2.85. The van der Waals surface area contributed by atoms with E-state index in [0.717, 1.165) is 32.0 Å². The number of nitrogens with one attached hydrogen (secondary N) is 3. The zero-order valence-electron chi connectivity index (χ0n) is 13.2. The molecular formula is C17H20Cl2N4O+2. The lowest BCUT2D eigenvalue weighted by atomic mass is 10.3.